The third kappa shape index (κ3) is 2.13. The normalized spacial score (nSPS) is 20.1. The number of amides is 1. The van der Waals surface area contributed by atoms with E-state index >= 15 is 0 Å². The summed E-state index contributed by atoms with van der Waals surface area (Å²) in [4.78, 5) is 22.9. The largest absolute Gasteiger partial charge is 0.332 e. The highest BCUT2D eigenvalue weighted by Crippen LogP contribution is 2.12. The second kappa shape index (κ2) is 4.09. The van der Waals surface area contributed by atoms with Crippen molar-refractivity contribution < 1.29 is 9.59 Å². The average molecular weight is 201 g/mol. The minimum atomic E-state index is -0.572. The first-order chi connectivity index (χ1) is 7.27. The van der Waals surface area contributed by atoms with Crippen molar-refractivity contribution in [2.45, 2.75) is 6.42 Å². The summed E-state index contributed by atoms with van der Waals surface area (Å²) in [5.74, 6) is -0.911. The summed E-state index contributed by atoms with van der Waals surface area (Å²) in [5.41, 5.74) is 1.00. The van der Waals surface area contributed by atoms with Crippen LogP contribution in [0.5, 0.6) is 0 Å². The van der Waals surface area contributed by atoms with E-state index < -0.39 is 5.92 Å². The van der Waals surface area contributed by atoms with Crippen molar-refractivity contribution >= 4 is 11.7 Å². The van der Waals surface area contributed by atoms with Gasteiger partial charge in [0.1, 0.15) is 5.92 Å². The molecular weight excluding hydrogens is 190 g/mol. The molecule has 1 atom stereocenters. The zero-order valence-electron chi connectivity index (χ0n) is 8.14. The Morgan fingerprint density at radius 1 is 1.13 bits per heavy atom. The summed E-state index contributed by atoms with van der Waals surface area (Å²) in [6.45, 7) is 0. The lowest BCUT2D eigenvalue weighted by atomic mass is 9.93. The molecule has 0 aliphatic carbocycles. The minimum Gasteiger partial charge on any atom is -0.332 e. The van der Waals surface area contributed by atoms with Gasteiger partial charge in [-0.05, 0) is 18.1 Å². The number of carbonyl (C=O) groups excluding carboxylic acids is 2. The van der Waals surface area contributed by atoms with Crippen LogP contribution >= 0.6 is 0 Å². The Labute approximate surface area is 87.8 Å². The number of nitrogens with one attached hydrogen (secondary N) is 1. The molecule has 15 heavy (non-hydrogen) atoms. The molecule has 0 spiro atoms. The van der Waals surface area contributed by atoms with Crippen LogP contribution in [-0.2, 0) is 16.0 Å². The van der Waals surface area contributed by atoms with E-state index in [1.54, 1.807) is 0 Å². The Balaban J connectivity index is 2.15. The SMILES string of the molecule is O=C1C=CNC(=O)C1Cc1ccccc1. The summed E-state index contributed by atoms with van der Waals surface area (Å²) in [5, 5.41) is 2.54. The maximum Gasteiger partial charge on any atom is 0.235 e. The van der Waals surface area contributed by atoms with Gasteiger partial charge in [-0.3, -0.25) is 9.59 Å². The van der Waals surface area contributed by atoms with E-state index in [2.05, 4.69) is 5.32 Å². The summed E-state index contributed by atoms with van der Waals surface area (Å²) < 4.78 is 0. The molecule has 1 aromatic carbocycles. The number of benzene rings is 1. The summed E-state index contributed by atoms with van der Waals surface area (Å²) in [7, 11) is 0. The molecule has 0 fully saturated rings. The van der Waals surface area contributed by atoms with Crippen LogP contribution in [0.2, 0.25) is 0 Å². The van der Waals surface area contributed by atoms with Gasteiger partial charge < -0.3 is 5.32 Å². The molecule has 0 bridgehead atoms. The fraction of sp³-hybridized carbons (Fsp3) is 0.167. The molecule has 1 heterocycles. The van der Waals surface area contributed by atoms with Crippen LogP contribution in [0.3, 0.4) is 0 Å². The third-order valence-corrected chi connectivity index (χ3v) is 2.42. The molecule has 3 heteroatoms. The molecule has 0 aromatic heterocycles. The number of allylic oxidation sites excluding steroid dienone is 1. The highest BCUT2D eigenvalue weighted by molar-refractivity contribution is 6.09. The first kappa shape index (κ1) is 9.65. The van der Waals surface area contributed by atoms with Crippen molar-refractivity contribution in [1.29, 1.82) is 0 Å². The number of hydrogen-bond acceptors (Lipinski definition) is 2. The quantitative estimate of drug-likeness (QED) is 0.727. The second-order valence-electron chi connectivity index (χ2n) is 3.49. The number of carbonyl (C=O) groups is 2. The summed E-state index contributed by atoms with van der Waals surface area (Å²) in [6, 6.07) is 9.54. The van der Waals surface area contributed by atoms with Gasteiger partial charge in [0.15, 0.2) is 5.78 Å². The molecule has 0 saturated heterocycles. The fourth-order valence-electron chi connectivity index (χ4n) is 1.59. The molecule has 76 valence electrons. The maximum absolute atomic E-state index is 11.5. The van der Waals surface area contributed by atoms with E-state index in [1.807, 2.05) is 30.3 Å². The van der Waals surface area contributed by atoms with Gasteiger partial charge in [0.05, 0.1) is 0 Å². The van der Waals surface area contributed by atoms with E-state index in [0.717, 1.165) is 5.56 Å². The van der Waals surface area contributed by atoms with E-state index in [0.29, 0.717) is 6.42 Å². The maximum atomic E-state index is 11.5. The number of rotatable bonds is 2. The molecule has 1 N–H and O–H groups in total. The molecule has 0 radical (unpaired) electrons. The van der Waals surface area contributed by atoms with Crippen LogP contribution in [0.25, 0.3) is 0 Å². The Morgan fingerprint density at radius 2 is 1.87 bits per heavy atom. The minimum absolute atomic E-state index is 0.123. The van der Waals surface area contributed by atoms with Crippen LogP contribution in [0.15, 0.2) is 42.6 Å². The van der Waals surface area contributed by atoms with Gasteiger partial charge in [-0.1, -0.05) is 30.3 Å². The zero-order chi connectivity index (χ0) is 10.7. The lowest BCUT2D eigenvalue weighted by molar-refractivity contribution is -0.131. The van der Waals surface area contributed by atoms with Crippen molar-refractivity contribution in [3.05, 3.63) is 48.2 Å². The Hall–Kier alpha value is -1.90. The molecule has 1 unspecified atom stereocenters. The van der Waals surface area contributed by atoms with Crippen LogP contribution in [0.4, 0.5) is 0 Å². The topological polar surface area (TPSA) is 46.2 Å². The van der Waals surface area contributed by atoms with Crippen LogP contribution in [-0.4, -0.2) is 11.7 Å². The lowest BCUT2D eigenvalue weighted by Crippen LogP contribution is -2.36. The first-order valence-corrected chi connectivity index (χ1v) is 4.82. The van der Waals surface area contributed by atoms with Crippen LogP contribution < -0.4 is 5.32 Å². The molecule has 0 saturated carbocycles. The fourth-order valence-corrected chi connectivity index (χ4v) is 1.59. The van der Waals surface area contributed by atoms with Crippen molar-refractivity contribution in [1.82, 2.24) is 5.32 Å². The Kier molecular flexibility index (Phi) is 2.63. The van der Waals surface area contributed by atoms with Crippen molar-refractivity contribution in [3.8, 4) is 0 Å². The molecule has 2 rings (SSSR count). The molecule has 1 aliphatic heterocycles. The number of ketones is 1. The standard InChI is InChI=1S/C12H11NO2/c14-11-6-7-13-12(15)10(11)8-9-4-2-1-3-5-9/h1-7,10H,8H2,(H,13,15). The van der Waals surface area contributed by atoms with Crippen LogP contribution in [0, 0.1) is 5.92 Å². The lowest BCUT2D eigenvalue weighted by Gasteiger charge is -2.15. The summed E-state index contributed by atoms with van der Waals surface area (Å²) >= 11 is 0. The van der Waals surface area contributed by atoms with Gasteiger partial charge in [0.25, 0.3) is 0 Å². The Bertz CT molecular complexity index is 409. The molecular formula is C12H11NO2. The second-order valence-corrected chi connectivity index (χ2v) is 3.49. The van der Waals surface area contributed by atoms with Gasteiger partial charge in [-0.25, -0.2) is 0 Å². The molecule has 1 aromatic rings. The zero-order valence-corrected chi connectivity index (χ0v) is 8.14. The predicted octanol–water partition coefficient (Wildman–Crippen LogP) is 1.06. The third-order valence-electron chi connectivity index (χ3n) is 2.42. The van der Waals surface area contributed by atoms with Gasteiger partial charge >= 0.3 is 0 Å². The predicted molar refractivity (Wildman–Crippen MR) is 55.9 cm³/mol. The van der Waals surface area contributed by atoms with Gasteiger partial charge in [0.2, 0.25) is 5.91 Å². The highest BCUT2D eigenvalue weighted by Gasteiger charge is 2.26. The number of hydrogen-bond donors (Lipinski definition) is 1. The smallest absolute Gasteiger partial charge is 0.235 e. The first-order valence-electron chi connectivity index (χ1n) is 4.82. The van der Waals surface area contributed by atoms with Gasteiger partial charge in [-0.2, -0.15) is 0 Å². The monoisotopic (exact) mass is 201 g/mol. The van der Waals surface area contributed by atoms with E-state index in [4.69, 9.17) is 0 Å². The van der Waals surface area contributed by atoms with Crippen molar-refractivity contribution in [3.63, 3.8) is 0 Å². The van der Waals surface area contributed by atoms with E-state index in [1.165, 1.54) is 12.3 Å². The van der Waals surface area contributed by atoms with Gasteiger partial charge in [0, 0.05) is 6.20 Å². The molecule has 3 nitrogen and oxygen atoms in total. The molecule has 1 aliphatic rings. The van der Waals surface area contributed by atoms with Crippen molar-refractivity contribution in [2.75, 3.05) is 0 Å². The summed E-state index contributed by atoms with van der Waals surface area (Å²) in [6.07, 6.45) is 3.27. The Morgan fingerprint density at radius 3 is 2.53 bits per heavy atom. The van der Waals surface area contributed by atoms with E-state index in [-0.39, 0.29) is 11.7 Å². The highest BCUT2D eigenvalue weighted by atomic mass is 16.2. The van der Waals surface area contributed by atoms with E-state index in [9.17, 15) is 9.59 Å². The molecule has 1 amide bonds. The average Bonchev–Trinajstić information content (AvgIpc) is 2.25. The van der Waals surface area contributed by atoms with Gasteiger partial charge in [-0.15, -0.1) is 0 Å². The van der Waals surface area contributed by atoms with Crippen LogP contribution in [0.1, 0.15) is 5.56 Å². The van der Waals surface area contributed by atoms with Crippen molar-refractivity contribution in [2.24, 2.45) is 5.92 Å².